The molecule has 2 N–H and O–H groups in total. The second-order valence-corrected chi connectivity index (χ2v) is 5.76. The number of hydrogen-bond acceptors (Lipinski definition) is 4. The molecule has 0 saturated carbocycles. The Morgan fingerprint density at radius 1 is 1.48 bits per heavy atom. The zero-order valence-corrected chi connectivity index (χ0v) is 12.6. The highest BCUT2D eigenvalue weighted by Crippen LogP contribution is 2.35. The summed E-state index contributed by atoms with van der Waals surface area (Å²) in [6.45, 7) is 4.09. The van der Waals surface area contributed by atoms with Gasteiger partial charge in [-0.25, -0.2) is 0 Å². The van der Waals surface area contributed by atoms with Gasteiger partial charge in [0.2, 0.25) is 0 Å². The molecule has 0 bridgehead atoms. The first kappa shape index (κ1) is 15.6. The van der Waals surface area contributed by atoms with Crippen molar-refractivity contribution in [1.82, 2.24) is 4.90 Å². The first-order chi connectivity index (χ1) is 10.0. The average molecular weight is 293 g/mol. The summed E-state index contributed by atoms with van der Waals surface area (Å²) in [5, 5.41) is 19.1. The van der Waals surface area contributed by atoms with E-state index in [1.54, 1.807) is 12.1 Å². The van der Waals surface area contributed by atoms with Gasteiger partial charge in [-0.2, -0.15) is 0 Å². The molecule has 1 fully saturated rings. The minimum absolute atomic E-state index is 0.119. The van der Waals surface area contributed by atoms with Crippen LogP contribution in [0.4, 0.5) is 0 Å². The van der Waals surface area contributed by atoms with Gasteiger partial charge < -0.3 is 14.9 Å². The lowest BCUT2D eigenvalue weighted by Crippen LogP contribution is -2.47. The van der Waals surface area contributed by atoms with Gasteiger partial charge in [0, 0.05) is 13.1 Å². The highest BCUT2D eigenvalue weighted by atomic mass is 16.5. The molecule has 0 aromatic heterocycles. The number of nitrogens with zero attached hydrogens (tertiary/aromatic N) is 1. The molecular formula is C16H23NO4. The molecule has 1 atom stereocenters. The fourth-order valence-electron chi connectivity index (χ4n) is 3.06. The number of piperidine rings is 1. The summed E-state index contributed by atoms with van der Waals surface area (Å²) in [7, 11) is 1.52. The summed E-state index contributed by atoms with van der Waals surface area (Å²) in [4.78, 5) is 13.7. The van der Waals surface area contributed by atoms with Gasteiger partial charge in [-0.1, -0.05) is 13.0 Å². The number of carbonyl (C=O) groups is 1. The van der Waals surface area contributed by atoms with Crippen molar-refractivity contribution in [3.63, 3.8) is 0 Å². The van der Waals surface area contributed by atoms with E-state index in [9.17, 15) is 15.0 Å². The predicted molar refractivity (Wildman–Crippen MR) is 79.5 cm³/mol. The number of ether oxygens (including phenoxy) is 1. The second kappa shape index (κ2) is 6.35. The lowest BCUT2D eigenvalue weighted by molar-refractivity contribution is -0.153. The largest absolute Gasteiger partial charge is 0.504 e. The van der Waals surface area contributed by atoms with E-state index >= 15 is 0 Å². The Bertz CT molecular complexity index is 517. The number of phenolic OH excluding ortho intramolecular Hbond substituents is 1. The summed E-state index contributed by atoms with van der Waals surface area (Å²) >= 11 is 0. The summed E-state index contributed by atoms with van der Waals surface area (Å²) in [6.07, 6.45) is 2.29. The zero-order chi connectivity index (χ0) is 15.5. The van der Waals surface area contributed by atoms with Crippen molar-refractivity contribution >= 4 is 5.97 Å². The van der Waals surface area contributed by atoms with Crippen molar-refractivity contribution in [3.05, 3.63) is 23.8 Å². The van der Waals surface area contributed by atoms with E-state index in [1.165, 1.54) is 7.11 Å². The van der Waals surface area contributed by atoms with Gasteiger partial charge in [0.25, 0.3) is 0 Å². The molecule has 1 unspecified atom stereocenters. The van der Waals surface area contributed by atoms with E-state index in [4.69, 9.17) is 4.74 Å². The van der Waals surface area contributed by atoms with Crippen molar-refractivity contribution in [1.29, 1.82) is 0 Å². The summed E-state index contributed by atoms with van der Waals surface area (Å²) < 4.78 is 5.11. The third kappa shape index (κ3) is 3.29. The minimum Gasteiger partial charge on any atom is -0.504 e. The number of benzene rings is 1. The number of methoxy groups -OCH3 is 1. The molecule has 0 amide bonds. The van der Waals surface area contributed by atoms with Crippen molar-refractivity contribution in [2.75, 3.05) is 20.2 Å². The van der Waals surface area contributed by atoms with Crippen LogP contribution in [-0.4, -0.2) is 41.3 Å². The molecule has 0 aliphatic carbocycles. The van der Waals surface area contributed by atoms with Crippen molar-refractivity contribution in [2.45, 2.75) is 32.7 Å². The number of aliphatic carboxylic acids is 1. The molecule has 0 radical (unpaired) electrons. The number of phenols is 1. The predicted octanol–water partition coefficient (Wildman–Crippen LogP) is 2.48. The fraction of sp³-hybridized carbons (Fsp3) is 0.562. The molecule has 1 heterocycles. The van der Waals surface area contributed by atoms with Crippen molar-refractivity contribution < 1.29 is 19.7 Å². The molecule has 0 spiro atoms. The van der Waals surface area contributed by atoms with Crippen LogP contribution in [0.5, 0.6) is 11.5 Å². The van der Waals surface area contributed by atoms with Crippen LogP contribution in [0.25, 0.3) is 0 Å². The summed E-state index contributed by atoms with van der Waals surface area (Å²) in [5.74, 6) is -0.129. The average Bonchev–Trinajstić information content (AvgIpc) is 2.49. The van der Waals surface area contributed by atoms with Gasteiger partial charge >= 0.3 is 5.97 Å². The first-order valence-corrected chi connectivity index (χ1v) is 7.32. The third-order valence-corrected chi connectivity index (χ3v) is 4.44. The van der Waals surface area contributed by atoms with Gasteiger partial charge in [-0.15, -0.1) is 0 Å². The van der Waals surface area contributed by atoms with E-state index < -0.39 is 11.4 Å². The Morgan fingerprint density at radius 3 is 2.86 bits per heavy atom. The lowest BCUT2D eigenvalue weighted by atomic mass is 9.77. The SMILES string of the molecule is CCC1(C(=O)O)CCCN(Cc2ccc(O)c(OC)c2)C1. The van der Waals surface area contributed by atoms with E-state index in [0.29, 0.717) is 25.3 Å². The van der Waals surface area contributed by atoms with Crippen LogP contribution in [0.3, 0.4) is 0 Å². The van der Waals surface area contributed by atoms with Crippen LogP contribution in [0, 0.1) is 5.41 Å². The third-order valence-electron chi connectivity index (χ3n) is 4.44. The van der Waals surface area contributed by atoms with Crippen LogP contribution >= 0.6 is 0 Å². The number of carboxylic acids is 1. The topological polar surface area (TPSA) is 70.0 Å². The van der Waals surface area contributed by atoms with Crippen LogP contribution in [0.1, 0.15) is 31.7 Å². The van der Waals surface area contributed by atoms with Crippen LogP contribution in [0.2, 0.25) is 0 Å². The molecule has 1 aliphatic heterocycles. The fourth-order valence-corrected chi connectivity index (χ4v) is 3.06. The lowest BCUT2D eigenvalue weighted by Gasteiger charge is -2.39. The van der Waals surface area contributed by atoms with Crippen LogP contribution < -0.4 is 4.74 Å². The maximum Gasteiger partial charge on any atom is 0.310 e. The van der Waals surface area contributed by atoms with Gasteiger partial charge in [0.05, 0.1) is 12.5 Å². The Kier molecular flexibility index (Phi) is 4.73. The number of hydrogen-bond donors (Lipinski definition) is 2. The summed E-state index contributed by atoms with van der Waals surface area (Å²) in [6, 6.07) is 5.27. The Hall–Kier alpha value is -1.75. The van der Waals surface area contributed by atoms with E-state index in [0.717, 1.165) is 24.9 Å². The van der Waals surface area contributed by atoms with Gasteiger partial charge in [0.1, 0.15) is 0 Å². The number of likely N-dealkylation sites (tertiary alicyclic amines) is 1. The smallest absolute Gasteiger partial charge is 0.310 e. The van der Waals surface area contributed by atoms with Gasteiger partial charge in [0.15, 0.2) is 11.5 Å². The second-order valence-electron chi connectivity index (χ2n) is 5.76. The van der Waals surface area contributed by atoms with Crippen LogP contribution in [0.15, 0.2) is 18.2 Å². The minimum atomic E-state index is -0.696. The number of aromatic hydroxyl groups is 1. The number of carboxylic acid groups (broad SMARTS) is 1. The molecule has 5 heteroatoms. The van der Waals surface area contributed by atoms with Crippen molar-refractivity contribution in [3.8, 4) is 11.5 Å². The van der Waals surface area contributed by atoms with E-state index in [-0.39, 0.29) is 5.75 Å². The highest BCUT2D eigenvalue weighted by Gasteiger charge is 2.40. The molecule has 5 nitrogen and oxygen atoms in total. The molecule has 1 saturated heterocycles. The molecule has 1 aromatic carbocycles. The highest BCUT2D eigenvalue weighted by molar-refractivity contribution is 5.75. The molecule has 2 rings (SSSR count). The van der Waals surface area contributed by atoms with Gasteiger partial charge in [-0.05, 0) is 43.5 Å². The standard InChI is InChI=1S/C16H23NO4/c1-3-16(15(19)20)7-4-8-17(11-16)10-12-5-6-13(18)14(9-12)21-2/h5-6,9,18H,3-4,7-8,10-11H2,1-2H3,(H,19,20). The zero-order valence-electron chi connectivity index (χ0n) is 12.6. The molecule has 116 valence electrons. The normalized spacial score (nSPS) is 23.0. The molecular weight excluding hydrogens is 270 g/mol. The molecule has 21 heavy (non-hydrogen) atoms. The maximum atomic E-state index is 11.6. The quantitative estimate of drug-likeness (QED) is 0.873. The molecule has 1 aliphatic rings. The molecule has 1 aromatic rings. The van der Waals surface area contributed by atoms with Crippen molar-refractivity contribution in [2.24, 2.45) is 5.41 Å². The Balaban J connectivity index is 2.11. The van der Waals surface area contributed by atoms with Crippen LogP contribution in [-0.2, 0) is 11.3 Å². The monoisotopic (exact) mass is 293 g/mol. The van der Waals surface area contributed by atoms with E-state index in [2.05, 4.69) is 4.90 Å². The Labute approximate surface area is 125 Å². The number of rotatable bonds is 5. The van der Waals surface area contributed by atoms with Gasteiger partial charge in [-0.3, -0.25) is 9.69 Å². The Morgan fingerprint density at radius 2 is 2.24 bits per heavy atom. The summed E-state index contributed by atoms with van der Waals surface area (Å²) in [5.41, 5.74) is 0.390. The van der Waals surface area contributed by atoms with E-state index in [1.807, 2.05) is 13.0 Å². The maximum absolute atomic E-state index is 11.6. The first-order valence-electron chi connectivity index (χ1n) is 7.32.